The zero-order chi connectivity index (χ0) is 15.0. The van der Waals surface area contributed by atoms with E-state index in [1.54, 1.807) is 0 Å². The SMILES string of the molecule is Nc1c(C(=O)Nc2cc(F)ccc2F)sc2nccnc12. The fourth-order valence-corrected chi connectivity index (χ4v) is 2.70. The minimum Gasteiger partial charge on any atom is -0.396 e. The lowest BCUT2D eigenvalue weighted by atomic mass is 10.2. The van der Waals surface area contributed by atoms with Crippen molar-refractivity contribution in [2.75, 3.05) is 11.1 Å². The van der Waals surface area contributed by atoms with Crippen LogP contribution in [0.4, 0.5) is 20.2 Å². The molecule has 3 rings (SSSR count). The molecule has 1 amide bonds. The standard InChI is InChI=1S/C13H8F2N4OS/c14-6-1-2-7(15)8(5-6)19-12(20)11-9(16)10-13(21-11)18-4-3-17-10/h1-5H,16H2,(H,19,20). The third-order valence-electron chi connectivity index (χ3n) is 2.75. The summed E-state index contributed by atoms with van der Waals surface area (Å²) in [6, 6.07) is 2.79. The second kappa shape index (κ2) is 5.06. The molecule has 0 aliphatic rings. The summed E-state index contributed by atoms with van der Waals surface area (Å²) in [4.78, 5) is 20.9. The Morgan fingerprint density at radius 3 is 2.76 bits per heavy atom. The van der Waals surface area contributed by atoms with Gasteiger partial charge in [0.2, 0.25) is 0 Å². The molecule has 8 heteroatoms. The maximum absolute atomic E-state index is 13.5. The highest BCUT2D eigenvalue weighted by molar-refractivity contribution is 7.21. The number of thiophene rings is 1. The summed E-state index contributed by atoms with van der Waals surface area (Å²) >= 11 is 1.03. The molecule has 0 unspecified atom stereocenters. The molecule has 106 valence electrons. The lowest BCUT2D eigenvalue weighted by Crippen LogP contribution is -2.13. The van der Waals surface area contributed by atoms with Gasteiger partial charge in [-0.1, -0.05) is 0 Å². The van der Waals surface area contributed by atoms with Crippen molar-refractivity contribution < 1.29 is 13.6 Å². The van der Waals surface area contributed by atoms with E-state index in [0.29, 0.717) is 10.3 Å². The van der Waals surface area contributed by atoms with E-state index in [1.807, 2.05) is 0 Å². The highest BCUT2D eigenvalue weighted by atomic mass is 32.1. The van der Waals surface area contributed by atoms with Gasteiger partial charge in [0.05, 0.1) is 11.4 Å². The highest BCUT2D eigenvalue weighted by Crippen LogP contribution is 2.31. The summed E-state index contributed by atoms with van der Waals surface area (Å²) in [5.74, 6) is -2.03. The number of nitrogens with one attached hydrogen (secondary N) is 1. The van der Waals surface area contributed by atoms with E-state index in [-0.39, 0.29) is 16.3 Å². The number of nitrogen functional groups attached to an aromatic ring is 1. The van der Waals surface area contributed by atoms with Crippen LogP contribution in [0.3, 0.4) is 0 Å². The van der Waals surface area contributed by atoms with Crippen LogP contribution in [0.2, 0.25) is 0 Å². The first-order valence-corrected chi connectivity index (χ1v) is 6.63. The Kier molecular flexibility index (Phi) is 3.22. The number of amides is 1. The maximum Gasteiger partial charge on any atom is 0.268 e. The molecule has 3 aromatic rings. The smallest absolute Gasteiger partial charge is 0.268 e. The van der Waals surface area contributed by atoms with E-state index in [0.717, 1.165) is 29.5 Å². The quantitative estimate of drug-likeness (QED) is 0.763. The van der Waals surface area contributed by atoms with Crippen LogP contribution >= 0.6 is 11.3 Å². The average Bonchev–Trinajstić information content (AvgIpc) is 2.81. The monoisotopic (exact) mass is 306 g/mol. The summed E-state index contributed by atoms with van der Waals surface area (Å²) < 4.78 is 26.6. The molecule has 0 spiro atoms. The number of halogens is 2. The van der Waals surface area contributed by atoms with E-state index in [4.69, 9.17) is 5.73 Å². The second-order valence-corrected chi connectivity index (χ2v) is 5.13. The van der Waals surface area contributed by atoms with Crippen LogP contribution in [-0.4, -0.2) is 15.9 Å². The van der Waals surface area contributed by atoms with Crippen molar-refractivity contribution in [2.24, 2.45) is 0 Å². The van der Waals surface area contributed by atoms with Crippen LogP contribution in [0.5, 0.6) is 0 Å². The van der Waals surface area contributed by atoms with Gasteiger partial charge in [0, 0.05) is 18.5 Å². The van der Waals surface area contributed by atoms with Crippen LogP contribution in [-0.2, 0) is 0 Å². The number of hydrogen-bond donors (Lipinski definition) is 2. The topological polar surface area (TPSA) is 80.9 Å². The molecule has 0 bridgehead atoms. The third kappa shape index (κ3) is 2.40. The van der Waals surface area contributed by atoms with Gasteiger partial charge in [-0.2, -0.15) is 0 Å². The van der Waals surface area contributed by atoms with Crippen molar-refractivity contribution >= 4 is 39.0 Å². The Balaban J connectivity index is 1.97. The average molecular weight is 306 g/mol. The van der Waals surface area contributed by atoms with Crippen molar-refractivity contribution in [3.8, 4) is 0 Å². The summed E-state index contributed by atoms with van der Waals surface area (Å²) in [6.07, 6.45) is 2.94. The second-order valence-electron chi connectivity index (χ2n) is 4.13. The Bertz CT molecular complexity index is 849. The molecule has 0 radical (unpaired) electrons. The van der Waals surface area contributed by atoms with Crippen molar-refractivity contribution in [1.82, 2.24) is 9.97 Å². The Hall–Kier alpha value is -2.61. The van der Waals surface area contributed by atoms with E-state index in [2.05, 4.69) is 15.3 Å². The molecule has 21 heavy (non-hydrogen) atoms. The van der Waals surface area contributed by atoms with Crippen LogP contribution in [0, 0.1) is 11.6 Å². The van der Waals surface area contributed by atoms with Crippen LogP contribution in [0.1, 0.15) is 9.67 Å². The number of carbonyl (C=O) groups is 1. The Labute approximate surface area is 121 Å². The van der Waals surface area contributed by atoms with Gasteiger partial charge < -0.3 is 11.1 Å². The van der Waals surface area contributed by atoms with E-state index in [9.17, 15) is 13.6 Å². The van der Waals surface area contributed by atoms with E-state index >= 15 is 0 Å². The van der Waals surface area contributed by atoms with Gasteiger partial charge in [0.15, 0.2) is 0 Å². The predicted molar refractivity (Wildman–Crippen MR) is 76.1 cm³/mol. The van der Waals surface area contributed by atoms with Gasteiger partial charge in [0.25, 0.3) is 5.91 Å². The van der Waals surface area contributed by atoms with Crippen LogP contribution in [0.25, 0.3) is 10.3 Å². The number of anilines is 2. The Morgan fingerprint density at radius 1 is 1.24 bits per heavy atom. The lowest BCUT2D eigenvalue weighted by molar-refractivity contribution is 0.103. The molecule has 0 aliphatic carbocycles. The maximum atomic E-state index is 13.5. The number of fused-ring (bicyclic) bond motifs is 1. The first kappa shape index (κ1) is 13.4. The number of hydrogen-bond acceptors (Lipinski definition) is 5. The number of rotatable bonds is 2. The van der Waals surface area contributed by atoms with Crippen molar-refractivity contribution in [2.45, 2.75) is 0 Å². The summed E-state index contributed by atoms with van der Waals surface area (Å²) in [6.45, 7) is 0. The van der Waals surface area contributed by atoms with Gasteiger partial charge in [-0.25, -0.2) is 18.7 Å². The van der Waals surface area contributed by atoms with Gasteiger partial charge in [-0.05, 0) is 12.1 Å². The number of nitrogens with zero attached hydrogens (tertiary/aromatic N) is 2. The van der Waals surface area contributed by atoms with Crippen molar-refractivity contribution in [1.29, 1.82) is 0 Å². The van der Waals surface area contributed by atoms with Crippen molar-refractivity contribution in [3.63, 3.8) is 0 Å². The number of carbonyl (C=O) groups excluding carboxylic acids is 1. The van der Waals surface area contributed by atoms with Crippen LogP contribution in [0.15, 0.2) is 30.6 Å². The van der Waals surface area contributed by atoms with Gasteiger partial charge in [0.1, 0.15) is 26.9 Å². The van der Waals surface area contributed by atoms with Crippen LogP contribution < -0.4 is 11.1 Å². The largest absolute Gasteiger partial charge is 0.396 e. The zero-order valence-corrected chi connectivity index (χ0v) is 11.2. The molecule has 0 atom stereocenters. The van der Waals surface area contributed by atoms with Gasteiger partial charge in [-0.15, -0.1) is 11.3 Å². The molecular formula is C13H8F2N4OS. The normalized spacial score (nSPS) is 10.8. The van der Waals surface area contributed by atoms with Crippen molar-refractivity contribution in [3.05, 3.63) is 47.1 Å². The predicted octanol–water partition coefficient (Wildman–Crippen LogP) is 2.80. The summed E-state index contributed by atoms with van der Waals surface area (Å²) in [5, 5.41) is 2.29. The summed E-state index contributed by atoms with van der Waals surface area (Å²) in [5.41, 5.74) is 6.16. The van der Waals surface area contributed by atoms with Gasteiger partial charge in [-0.3, -0.25) is 4.79 Å². The molecule has 3 N–H and O–H groups in total. The third-order valence-corrected chi connectivity index (χ3v) is 3.85. The molecule has 5 nitrogen and oxygen atoms in total. The molecule has 1 aromatic carbocycles. The number of aromatic nitrogens is 2. The first-order valence-electron chi connectivity index (χ1n) is 5.81. The molecule has 0 aliphatic heterocycles. The lowest BCUT2D eigenvalue weighted by Gasteiger charge is -2.05. The minimum atomic E-state index is -0.735. The molecule has 0 saturated carbocycles. The molecule has 2 aromatic heterocycles. The highest BCUT2D eigenvalue weighted by Gasteiger charge is 2.19. The van der Waals surface area contributed by atoms with E-state index < -0.39 is 17.5 Å². The molecular weight excluding hydrogens is 298 g/mol. The first-order chi connectivity index (χ1) is 10.1. The minimum absolute atomic E-state index is 0.153. The summed E-state index contributed by atoms with van der Waals surface area (Å²) in [7, 11) is 0. The molecule has 0 fully saturated rings. The molecule has 0 saturated heterocycles. The van der Waals surface area contributed by atoms with Gasteiger partial charge >= 0.3 is 0 Å². The molecule has 2 heterocycles. The van der Waals surface area contributed by atoms with E-state index in [1.165, 1.54) is 12.4 Å². The fraction of sp³-hybridized carbons (Fsp3) is 0. The fourth-order valence-electron chi connectivity index (χ4n) is 1.78. The zero-order valence-electron chi connectivity index (χ0n) is 10.4. The number of benzene rings is 1. The number of nitrogens with two attached hydrogens (primary N) is 1. The Morgan fingerprint density at radius 2 is 2.00 bits per heavy atom.